The summed E-state index contributed by atoms with van der Waals surface area (Å²) in [6.07, 6.45) is 7.78. The monoisotopic (exact) mass is 370 g/mol. The standard InChI is InChI=1S/C12H22O4.Ba.2H/c1-2-3-4-5-6-7-8-9-10(11(13)14)12(15)16;;;/h10H,2-9H2,1H3,(H,13,14)(H,15,16);;;. The van der Waals surface area contributed by atoms with Crippen molar-refractivity contribution in [3.63, 3.8) is 0 Å². The molecule has 0 saturated heterocycles. The van der Waals surface area contributed by atoms with Crippen molar-refractivity contribution in [3.05, 3.63) is 0 Å². The fourth-order valence-corrected chi connectivity index (χ4v) is 1.66. The summed E-state index contributed by atoms with van der Waals surface area (Å²) in [6, 6.07) is 0. The predicted molar refractivity (Wildman–Crippen MR) is 69.9 cm³/mol. The number of rotatable bonds is 10. The molecule has 98 valence electrons. The zero-order chi connectivity index (χ0) is 12.4. The van der Waals surface area contributed by atoms with Crippen LogP contribution in [0.4, 0.5) is 0 Å². The van der Waals surface area contributed by atoms with Crippen molar-refractivity contribution in [2.75, 3.05) is 0 Å². The first kappa shape index (κ1) is 19.8. The Morgan fingerprint density at radius 3 is 1.71 bits per heavy atom. The fraction of sp³-hybridized carbons (Fsp3) is 0.833. The summed E-state index contributed by atoms with van der Waals surface area (Å²) in [4.78, 5) is 21.1. The van der Waals surface area contributed by atoms with Crippen molar-refractivity contribution in [2.24, 2.45) is 5.92 Å². The molecule has 0 atom stereocenters. The number of carboxylic acids is 2. The number of hydrogen-bond donors (Lipinski definition) is 2. The molecule has 5 heteroatoms. The van der Waals surface area contributed by atoms with E-state index < -0.39 is 17.9 Å². The molecule has 0 rings (SSSR count). The van der Waals surface area contributed by atoms with Gasteiger partial charge in [0.1, 0.15) is 0 Å². The van der Waals surface area contributed by atoms with Crippen molar-refractivity contribution in [3.8, 4) is 0 Å². The molecule has 0 aliphatic rings. The van der Waals surface area contributed by atoms with E-state index in [0.717, 1.165) is 12.8 Å². The van der Waals surface area contributed by atoms with Crippen LogP contribution in [0.25, 0.3) is 0 Å². The summed E-state index contributed by atoms with van der Waals surface area (Å²) in [5.74, 6) is -3.67. The van der Waals surface area contributed by atoms with E-state index in [1.165, 1.54) is 25.7 Å². The molecule has 0 unspecified atom stereocenters. The van der Waals surface area contributed by atoms with Crippen molar-refractivity contribution in [1.82, 2.24) is 0 Å². The maximum absolute atomic E-state index is 10.6. The van der Waals surface area contributed by atoms with Gasteiger partial charge in [-0.3, -0.25) is 9.59 Å². The quantitative estimate of drug-likeness (QED) is 0.351. The van der Waals surface area contributed by atoms with Crippen molar-refractivity contribution in [2.45, 2.75) is 58.3 Å². The topological polar surface area (TPSA) is 74.6 Å². The Hall–Kier alpha value is 0.511. The van der Waals surface area contributed by atoms with Crippen LogP contribution in [0.2, 0.25) is 0 Å². The van der Waals surface area contributed by atoms with E-state index in [1.807, 2.05) is 0 Å². The third-order valence-corrected chi connectivity index (χ3v) is 2.69. The van der Waals surface area contributed by atoms with Crippen molar-refractivity contribution < 1.29 is 19.8 Å². The first-order valence-corrected chi connectivity index (χ1v) is 6.05. The molecular weight excluding hydrogens is 345 g/mol. The van der Waals surface area contributed by atoms with E-state index in [1.54, 1.807) is 0 Å². The van der Waals surface area contributed by atoms with E-state index in [2.05, 4.69) is 6.92 Å². The summed E-state index contributed by atoms with van der Waals surface area (Å²) >= 11 is 0. The molecule has 17 heavy (non-hydrogen) atoms. The van der Waals surface area contributed by atoms with Crippen LogP contribution < -0.4 is 0 Å². The van der Waals surface area contributed by atoms with Gasteiger partial charge in [0.05, 0.1) is 0 Å². The van der Waals surface area contributed by atoms with E-state index in [-0.39, 0.29) is 55.3 Å². The Bertz CT molecular complexity index is 205. The molecule has 0 aliphatic heterocycles. The second-order valence-corrected chi connectivity index (χ2v) is 4.14. The predicted octanol–water partition coefficient (Wildman–Crippen LogP) is 2.00. The molecule has 0 aliphatic carbocycles. The second kappa shape index (κ2) is 13.0. The fourth-order valence-electron chi connectivity index (χ4n) is 1.66. The Kier molecular flexibility index (Phi) is 15.1. The molecule has 0 radical (unpaired) electrons. The summed E-state index contributed by atoms with van der Waals surface area (Å²) in [7, 11) is 0. The number of aliphatic carboxylic acids is 2. The van der Waals surface area contributed by atoms with Crippen LogP contribution in [0.1, 0.15) is 58.3 Å². The van der Waals surface area contributed by atoms with Crippen LogP contribution in [0, 0.1) is 5.92 Å². The van der Waals surface area contributed by atoms with Gasteiger partial charge in [0.25, 0.3) is 0 Å². The number of carboxylic acid groups (broad SMARTS) is 2. The van der Waals surface area contributed by atoms with Gasteiger partial charge in [-0.2, -0.15) is 0 Å². The molecule has 0 saturated carbocycles. The van der Waals surface area contributed by atoms with E-state index in [9.17, 15) is 9.59 Å². The molecule has 0 bridgehead atoms. The van der Waals surface area contributed by atoms with Gasteiger partial charge in [-0.25, -0.2) is 0 Å². The zero-order valence-corrected chi connectivity index (χ0v) is 9.95. The molecule has 0 aromatic carbocycles. The number of unbranched alkanes of at least 4 members (excludes halogenated alkanes) is 6. The van der Waals surface area contributed by atoms with E-state index in [0.29, 0.717) is 6.42 Å². The van der Waals surface area contributed by atoms with Crippen LogP contribution in [-0.4, -0.2) is 71.0 Å². The van der Waals surface area contributed by atoms with Gasteiger partial charge in [-0.05, 0) is 6.42 Å². The summed E-state index contributed by atoms with van der Waals surface area (Å²) < 4.78 is 0. The summed E-state index contributed by atoms with van der Waals surface area (Å²) in [6.45, 7) is 2.16. The molecule has 0 heterocycles. The average Bonchev–Trinajstić information content (AvgIpc) is 2.21. The first-order valence-electron chi connectivity index (χ1n) is 6.05. The van der Waals surface area contributed by atoms with Gasteiger partial charge in [0.15, 0.2) is 5.92 Å². The molecular formula is C12H24BaO4. The summed E-state index contributed by atoms with van der Waals surface area (Å²) in [5, 5.41) is 17.3. The molecule has 0 spiro atoms. The van der Waals surface area contributed by atoms with Crippen LogP contribution in [0.3, 0.4) is 0 Å². The maximum atomic E-state index is 10.6. The Balaban J connectivity index is 0. The van der Waals surface area contributed by atoms with Gasteiger partial charge in [-0.15, -0.1) is 0 Å². The minimum atomic E-state index is -1.23. The van der Waals surface area contributed by atoms with Crippen LogP contribution >= 0.6 is 0 Å². The first-order chi connectivity index (χ1) is 7.59. The van der Waals surface area contributed by atoms with E-state index in [4.69, 9.17) is 10.2 Å². The molecule has 0 amide bonds. The van der Waals surface area contributed by atoms with Crippen molar-refractivity contribution >= 4 is 60.8 Å². The van der Waals surface area contributed by atoms with Gasteiger partial charge in [0, 0.05) is 0 Å². The average molecular weight is 370 g/mol. The molecule has 2 N–H and O–H groups in total. The van der Waals surface area contributed by atoms with Gasteiger partial charge in [0.2, 0.25) is 0 Å². The minimum absolute atomic E-state index is 0. The molecule has 0 fully saturated rings. The molecule has 0 aromatic rings. The molecule has 4 nitrogen and oxygen atoms in total. The third kappa shape index (κ3) is 11.3. The molecule has 0 aromatic heterocycles. The second-order valence-electron chi connectivity index (χ2n) is 4.14. The van der Waals surface area contributed by atoms with E-state index >= 15 is 0 Å². The van der Waals surface area contributed by atoms with Gasteiger partial charge >= 0.3 is 60.8 Å². The van der Waals surface area contributed by atoms with Gasteiger partial charge in [-0.1, -0.05) is 51.9 Å². The normalized spacial score (nSPS) is 10.0. The number of carbonyl (C=O) groups is 2. The van der Waals surface area contributed by atoms with Crippen LogP contribution in [0.5, 0.6) is 0 Å². The van der Waals surface area contributed by atoms with Gasteiger partial charge < -0.3 is 10.2 Å². The van der Waals surface area contributed by atoms with Crippen molar-refractivity contribution in [1.29, 1.82) is 0 Å². The Labute approximate surface area is 143 Å². The Morgan fingerprint density at radius 1 is 0.882 bits per heavy atom. The SMILES string of the molecule is CCCCCCCCCC(C(=O)O)C(=O)O.[BaH2]. The van der Waals surface area contributed by atoms with Crippen LogP contribution in [0.15, 0.2) is 0 Å². The number of hydrogen-bond acceptors (Lipinski definition) is 2. The Morgan fingerprint density at radius 2 is 1.29 bits per heavy atom. The van der Waals surface area contributed by atoms with Crippen LogP contribution in [-0.2, 0) is 9.59 Å². The summed E-state index contributed by atoms with van der Waals surface area (Å²) in [5.41, 5.74) is 0. The third-order valence-electron chi connectivity index (χ3n) is 2.69. The zero-order valence-electron chi connectivity index (χ0n) is 9.95.